The van der Waals surface area contributed by atoms with Crippen molar-refractivity contribution in [2.75, 3.05) is 6.61 Å². The summed E-state index contributed by atoms with van der Waals surface area (Å²) in [6, 6.07) is 7.84. The maximum absolute atomic E-state index is 12.8. The van der Waals surface area contributed by atoms with Crippen LogP contribution in [0.3, 0.4) is 0 Å². The number of benzene rings is 1. The van der Waals surface area contributed by atoms with Gasteiger partial charge in [0.2, 0.25) is 5.91 Å². The van der Waals surface area contributed by atoms with Crippen molar-refractivity contribution in [2.45, 2.75) is 98.7 Å². The molecule has 0 aromatic heterocycles. The van der Waals surface area contributed by atoms with Crippen molar-refractivity contribution < 1.29 is 9.53 Å². The maximum atomic E-state index is 12.8. The van der Waals surface area contributed by atoms with Crippen molar-refractivity contribution in [3.63, 3.8) is 0 Å². The van der Waals surface area contributed by atoms with Crippen molar-refractivity contribution in [3.8, 4) is 5.75 Å². The Morgan fingerprint density at radius 3 is 1.96 bits per heavy atom. The highest BCUT2D eigenvalue weighted by Gasteiger charge is 2.26. The molecule has 28 heavy (non-hydrogen) atoms. The Hall–Kier alpha value is -1.55. The van der Waals surface area contributed by atoms with Gasteiger partial charge in [-0.25, -0.2) is 0 Å². The molecule has 1 unspecified atom stereocenters. The van der Waals surface area contributed by atoms with Gasteiger partial charge in [0.1, 0.15) is 5.75 Å². The topological polar surface area (TPSA) is 50.4 Å². The van der Waals surface area contributed by atoms with Crippen LogP contribution in [0.5, 0.6) is 5.75 Å². The van der Waals surface area contributed by atoms with Gasteiger partial charge in [-0.15, -0.1) is 0 Å². The van der Waals surface area contributed by atoms with Crippen LogP contribution in [-0.4, -0.2) is 29.6 Å². The molecular weight excluding hydrogens is 348 g/mol. The first-order valence-corrected chi connectivity index (χ1v) is 10.5. The van der Waals surface area contributed by atoms with E-state index in [4.69, 9.17) is 4.74 Å². The number of rotatable bonds is 8. The van der Waals surface area contributed by atoms with Gasteiger partial charge in [0.05, 0.1) is 12.6 Å². The van der Waals surface area contributed by atoms with Crippen molar-refractivity contribution >= 4 is 5.91 Å². The average molecular weight is 391 g/mol. The monoisotopic (exact) mass is 390 g/mol. The summed E-state index contributed by atoms with van der Waals surface area (Å²) in [4.78, 5) is 12.8. The Labute approximate surface area is 172 Å². The van der Waals surface area contributed by atoms with Crippen LogP contribution in [0.25, 0.3) is 0 Å². The summed E-state index contributed by atoms with van der Waals surface area (Å²) in [5.41, 5.74) is 1.07. The number of hydrogen-bond donors (Lipinski definition) is 2. The molecule has 1 aromatic carbocycles. The molecule has 0 heterocycles. The van der Waals surface area contributed by atoms with Crippen LogP contribution in [0, 0.1) is 5.41 Å². The molecule has 0 aliphatic rings. The molecule has 1 rings (SSSR count). The lowest BCUT2D eigenvalue weighted by atomic mass is 9.91. The van der Waals surface area contributed by atoms with Crippen molar-refractivity contribution in [3.05, 3.63) is 29.8 Å². The van der Waals surface area contributed by atoms with E-state index in [1.165, 1.54) is 0 Å². The second-order valence-electron chi connectivity index (χ2n) is 11.0. The molecule has 0 bridgehead atoms. The highest BCUT2D eigenvalue weighted by Crippen LogP contribution is 2.21. The molecule has 0 aliphatic heterocycles. The van der Waals surface area contributed by atoms with Gasteiger partial charge in [-0.1, -0.05) is 32.9 Å². The third kappa shape index (κ3) is 11.3. The van der Waals surface area contributed by atoms with Gasteiger partial charge in [0.25, 0.3) is 0 Å². The highest BCUT2D eigenvalue weighted by atomic mass is 16.5. The average Bonchev–Trinajstić information content (AvgIpc) is 2.48. The standard InChI is InChI=1S/C24H42N2O2/c1-22(2,3)15-10-16-28-19-13-11-18(12-14-19)17-20(25-23(4,5)6)21(27)26-24(7,8)9/h11-14,20,25H,10,15-17H2,1-9H3,(H,26,27). The molecule has 4 nitrogen and oxygen atoms in total. The van der Waals surface area contributed by atoms with Crippen LogP contribution in [-0.2, 0) is 11.2 Å². The molecule has 1 aromatic rings. The zero-order valence-corrected chi connectivity index (χ0v) is 19.5. The first-order chi connectivity index (χ1) is 12.6. The Kier molecular flexibility index (Phi) is 8.55. The molecule has 0 fully saturated rings. The summed E-state index contributed by atoms with van der Waals surface area (Å²) < 4.78 is 5.86. The van der Waals surface area contributed by atoms with E-state index in [0.29, 0.717) is 11.8 Å². The minimum absolute atomic E-state index is 0.0323. The van der Waals surface area contributed by atoms with E-state index in [1.54, 1.807) is 0 Å². The quantitative estimate of drug-likeness (QED) is 0.607. The number of carbonyl (C=O) groups excluding carboxylic acids is 1. The van der Waals surface area contributed by atoms with Gasteiger partial charge >= 0.3 is 0 Å². The Morgan fingerprint density at radius 2 is 1.50 bits per heavy atom. The predicted octanol–water partition coefficient (Wildman–Crippen LogP) is 5.11. The smallest absolute Gasteiger partial charge is 0.237 e. The van der Waals surface area contributed by atoms with Gasteiger partial charge in [0.15, 0.2) is 0 Å². The molecule has 0 saturated heterocycles. The summed E-state index contributed by atoms with van der Waals surface area (Å²) in [5, 5.41) is 6.55. The Bertz CT molecular complexity index is 601. The fraction of sp³-hybridized carbons (Fsp3) is 0.708. The van der Waals surface area contributed by atoms with Gasteiger partial charge in [-0.3, -0.25) is 4.79 Å². The number of hydrogen-bond acceptors (Lipinski definition) is 3. The predicted molar refractivity (Wildman–Crippen MR) is 119 cm³/mol. The zero-order valence-electron chi connectivity index (χ0n) is 19.5. The lowest BCUT2D eigenvalue weighted by molar-refractivity contribution is -0.125. The Balaban J connectivity index is 2.69. The van der Waals surface area contributed by atoms with E-state index in [-0.39, 0.29) is 23.0 Å². The lowest BCUT2D eigenvalue weighted by Gasteiger charge is -2.31. The second-order valence-corrected chi connectivity index (χ2v) is 11.0. The molecule has 1 atom stereocenters. The molecule has 0 radical (unpaired) electrons. The molecule has 4 heteroatoms. The first-order valence-electron chi connectivity index (χ1n) is 10.5. The molecule has 0 aliphatic carbocycles. The first kappa shape index (κ1) is 24.5. The van der Waals surface area contributed by atoms with Gasteiger partial charge in [-0.2, -0.15) is 0 Å². The van der Waals surface area contributed by atoms with Crippen LogP contribution in [0.15, 0.2) is 24.3 Å². The van der Waals surface area contributed by atoms with Crippen LogP contribution in [0.1, 0.15) is 80.7 Å². The third-order valence-corrected chi connectivity index (χ3v) is 4.12. The SMILES string of the molecule is CC(C)(C)CCCOc1ccc(CC(NC(C)(C)C)C(=O)NC(C)(C)C)cc1. The van der Waals surface area contributed by atoms with E-state index >= 15 is 0 Å². The molecular formula is C24H42N2O2. The minimum atomic E-state index is -0.280. The molecule has 0 saturated carbocycles. The molecule has 160 valence electrons. The van der Waals surface area contributed by atoms with E-state index < -0.39 is 0 Å². The fourth-order valence-electron chi connectivity index (χ4n) is 2.94. The van der Waals surface area contributed by atoms with Gasteiger partial charge < -0.3 is 15.4 Å². The number of nitrogens with one attached hydrogen (secondary N) is 2. The molecule has 1 amide bonds. The fourth-order valence-corrected chi connectivity index (χ4v) is 2.94. The number of ether oxygens (including phenoxy) is 1. The summed E-state index contributed by atoms with van der Waals surface area (Å²) in [5.74, 6) is 0.919. The Morgan fingerprint density at radius 1 is 0.929 bits per heavy atom. The summed E-state index contributed by atoms with van der Waals surface area (Å²) in [7, 11) is 0. The number of amides is 1. The van der Waals surface area contributed by atoms with Crippen molar-refractivity contribution in [1.82, 2.24) is 10.6 Å². The zero-order chi connectivity index (χ0) is 21.6. The van der Waals surface area contributed by atoms with E-state index in [1.807, 2.05) is 32.9 Å². The minimum Gasteiger partial charge on any atom is -0.494 e. The van der Waals surface area contributed by atoms with Crippen LogP contribution in [0.2, 0.25) is 0 Å². The molecule has 2 N–H and O–H groups in total. The third-order valence-electron chi connectivity index (χ3n) is 4.12. The summed E-state index contributed by atoms with van der Waals surface area (Å²) in [6.07, 6.45) is 2.84. The van der Waals surface area contributed by atoms with Crippen LogP contribution >= 0.6 is 0 Å². The van der Waals surface area contributed by atoms with Crippen LogP contribution in [0.4, 0.5) is 0 Å². The summed E-state index contributed by atoms with van der Waals surface area (Å²) >= 11 is 0. The van der Waals surface area contributed by atoms with Gasteiger partial charge in [0, 0.05) is 11.1 Å². The van der Waals surface area contributed by atoms with E-state index in [0.717, 1.165) is 30.8 Å². The molecule has 0 spiro atoms. The summed E-state index contributed by atoms with van der Waals surface area (Å²) in [6.45, 7) is 19.7. The van der Waals surface area contributed by atoms with E-state index in [9.17, 15) is 4.79 Å². The van der Waals surface area contributed by atoms with Gasteiger partial charge in [-0.05, 0) is 83.9 Å². The lowest BCUT2D eigenvalue weighted by Crippen LogP contribution is -2.56. The van der Waals surface area contributed by atoms with Crippen molar-refractivity contribution in [2.24, 2.45) is 5.41 Å². The maximum Gasteiger partial charge on any atom is 0.237 e. The normalized spacial score (nSPS) is 13.9. The van der Waals surface area contributed by atoms with Crippen molar-refractivity contribution in [1.29, 1.82) is 0 Å². The second kappa shape index (κ2) is 9.78. The largest absolute Gasteiger partial charge is 0.494 e. The van der Waals surface area contributed by atoms with Crippen LogP contribution < -0.4 is 15.4 Å². The van der Waals surface area contributed by atoms with E-state index in [2.05, 4.69) is 64.3 Å². The highest BCUT2D eigenvalue weighted by molar-refractivity contribution is 5.82. The number of carbonyl (C=O) groups is 1.